The van der Waals surface area contributed by atoms with Gasteiger partial charge >= 0.3 is 5.97 Å². The van der Waals surface area contributed by atoms with E-state index in [-0.39, 0.29) is 22.7 Å². The second-order valence-corrected chi connectivity index (χ2v) is 6.08. The third-order valence-corrected chi connectivity index (χ3v) is 4.98. The molecule has 1 rings (SSSR count). The normalized spacial score (nSPS) is 11.4. The molecule has 0 bridgehead atoms. The molecule has 1 N–H and O–H groups in total. The molecule has 0 atom stereocenters. The van der Waals surface area contributed by atoms with Crippen LogP contribution in [-0.4, -0.2) is 37.4 Å². The first-order chi connectivity index (χ1) is 7.91. The van der Waals surface area contributed by atoms with E-state index in [1.165, 1.54) is 18.5 Å². The van der Waals surface area contributed by atoms with Crippen molar-refractivity contribution in [3.8, 4) is 6.07 Å². The average Bonchev–Trinajstić information content (AvgIpc) is 2.75. The minimum atomic E-state index is -3.83. The molecule has 17 heavy (non-hydrogen) atoms. The molecule has 0 aliphatic carbocycles. The lowest BCUT2D eigenvalue weighted by Gasteiger charge is -2.15. The molecule has 0 unspecified atom stereocenters. The molecule has 1 aromatic heterocycles. The van der Waals surface area contributed by atoms with Gasteiger partial charge in [-0.2, -0.15) is 9.57 Å². The Labute approximate surface area is 103 Å². The van der Waals surface area contributed by atoms with Crippen molar-refractivity contribution in [1.29, 1.82) is 5.26 Å². The summed E-state index contributed by atoms with van der Waals surface area (Å²) < 4.78 is 24.9. The lowest BCUT2D eigenvalue weighted by Crippen LogP contribution is -2.28. The van der Waals surface area contributed by atoms with Gasteiger partial charge in [-0.1, -0.05) is 0 Å². The Morgan fingerprint density at radius 1 is 1.65 bits per heavy atom. The molecule has 0 aliphatic rings. The van der Waals surface area contributed by atoms with E-state index in [0.717, 1.165) is 15.6 Å². The summed E-state index contributed by atoms with van der Waals surface area (Å²) in [5.41, 5.74) is 0. The smallest absolute Gasteiger partial charge is 0.347 e. The van der Waals surface area contributed by atoms with Crippen LogP contribution >= 0.6 is 11.3 Å². The summed E-state index contributed by atoms with van der Waals surface area (Å²) >= 11 is 0.855. The zero-order valence-electron chi connectivity index (χ0n) is 8.95. The lowest BCUT2D eigenvalue weighted by molar-refractivity contribution is 0.0698. The van der Waals surface area contributed by atoms with E-state index >= 15 is 0 Å². The highest BCUT2D eigenvalue weighted by Gasteiger charge is 2.27. The average molecular weight is 274 g/mol. The van der Waals surface area contributed by atoms with Crippen LogP contribution in [0.25, 0.3) is 0 Å². The van der Waals surface area contributed by atoms with Gasteiger partial charge in [0, 0.05) is 20.0 Å². The highest BCUT2D eigenvalue weighted by atomic mass is 32.2. The first-order valence-corrected chi connectivity index (χ1v) is 6.87. The van der Waals surface area contributed by atoms with Crippen LogP contribution in [0.2, 0.25) is 0 Å². The summed E-state index contributed by atoms with van der Waals surface area (Å²) in [6, 6.07) is 3.09. The van der Waals surface area contributed by atoms with Crippen molar-refractivity contribution in [3.05, 3.63) is 16.3 Å². The standard InChI is InChI=1S/C9H10N2O4S2/c1-11(5-2-4-10)17(14,15)7-3-6-16-8(7)9(12)13/h3,6H,2,5H2,1H3,(H,12,13). The van der Waals surface area contributed by atoms with E-state index in [1.807, 2.05) is 6.07 Å². The number of hydrogen-bond acceptors (Lipinski definition) is 5. The number of sulfonamides is 1. The molecular weight excluding hydrogens is 264 g/mol. The predicted molar refractivity (Wildman–Crippen MR) is 61.3 cm³/mol. The van der Waals surface area contributed by atoms with Crippen molar-refractivity contribution in [1.82, 2.24) is 4.31 Å². The summed E-state index contributed by atoms with van der Waals surface area (Å²) in [4.78, 5) is 10.4. The van der Waals surface area contributed by atoms with E-state index < -0.39 is 16.0 Å². The number of aromatic carboxylic acids is 1. The molecule has 0 aromatic carbocycles. The largest absolute Gasteiger partial charge is 0.477 e. The zero-order chi connectivity index (χ0) is 13.1. The quantitative estimate of drug-likeness (QED) is 0.863. The maximum absolute atomic E-state index is 12.0. The highest BCUT2D eigenvalue weighted by Crippen LogP contribution is 2.24. The Kier molecular flexibility index (Phi) is 4.22. The Morgan fingerprint density at radius 3 is 2.82 bits per heavy atom. The minimum Gasteiger partial charge on any atom is -0.477 e. The van der Waals surface area contributed by atoms with Crippen molar-refractivity contribution in [2.24, 2.45) is 0 Å². The van der Waals surface area contributed by atoms with E-state index in [9.17, 15) is 13.2 Å². The third kappa shape index (κ3) is 2.82. The van der Waals surface area contributed by atoms with Crippen LogP contribution in [0.15, 0.2) is 16.3 Å². The second-order valence-electron chi connectivity index (χ2n) is 3.15. The number of nitriles is 1. The molecule has 1 aromatic rings. The number of hydrogen-bond donors (Lipinski definition) is 1. The molecule has 0 amide bonds. The van der Waals surface area contributed by atoms with Gasteiger partial charge in [0.25, 0.3) is 0 Å². The van der Waals surface area contributed by atoms with Crippen molar-refractivity contribution >= 4 is 27.3 Å². The number of nitrogens with zero attached hydrogens (tertiary/aromatic N) is 2. The number of thiophene rings is 1. The van der Waals surface area contributed by atoms with Gasteiger partial charge in [0.2, 0.25) is 10.0 Å². The Bertz CT molecular complexity index is 556. The fourth-order valence-electron chi connectivity index (χ4n) is 1.15. The molecule has 0 radical (unpaired) electrons. The maximum atomic E-state index is 12.0. The van der Waals surface area contributed by atoms with Gasteiger partial charge in [-0.15, -0.1) is 11.3 Å². The van der Waals surface area contributed by atoms with Gasteiger partial charge in [-0.25, -0.2) is 13.2 Å². The first kappa shape index (κ1) is 13.6. The van der Waals surface area contributed by atoms with E-state index in [1.54, 1.807) is 0 Å². The Balaban J connectivity index is 3.10. The Morgan fingerprint density at radius 2 is 2.29 bits per heavy atom. The second kappa shape index (κ2) is 5.27. The number of carboxylic acid groups (broad SMARTS) is 1. The van der Waals surface area contributed by atoms with Crippen LogP contribution in [0, 0.1) is 11.3 Å². The fraction of sp³-hybridized carbons (Fsp3) is 0.333. The van der Waals surface area contributed by atoms with E-state index in [2.05, 4.69) is 0 Å². The first-order valence-electron chi connectivity index (χ1n) is 4.55. The molecule has 0 saturated heterocycles. The van der Waals surface area contributed by atoms with Gasteiger partial charge in [0.15, 0.2) is 0 Å². The summed E-state index contributed by atoms with van der Waals surface area (Å²) in [5, 5.41) is 18.7. The zero-order valence-corrected chi connectivity index (χ0v) is 10.6. The molecule has 6 nitrogen and oxygen atoms in total. The molecule has 8 heteroatoms. The SMILES string of the molecule is CN(CCC#N)S(=O)(=O)c1ccsc1C(=O)O. The van der Waals surface area contributed by atoms with Crippen LogP contribution in [0.1, 0.15) is 16.1 Å². The number of carboxylic acids is 1. The van der Waals surface area contributed by atoms with Crippen LogP contribution in [0.5, 0.6) is 0 Å². The third-order valence-electron chi connectivity index (χ3n) is 2.05. The molecule has 0 spiro atoms. The minimum absolute atomic E-state index is 0.0355. The molecule has 92 valence electrons. The van der Waals surface area contributed by atoms with Crippen molar-refractivity contribution in [2.75, 3.05) is 13.6 Å². The molecular formula is C9H10N2O4S2. The molecule has 0 saturated carbocycles. The summed E-state index contributed by atoms with van der Waals surface area (Å²) in [6.45, 7) is 0.0355. The van der Waals surface area contributed by atoms with Crippen molar-refractivity contribution < 1.29 is 18.3 Å². The van der Waals surface area contributed by atoms with Gasteiger partial charge in [-0.3, -0.25) is 0 Å². The summed E-state index contributed by atoms with van der Waals surface area (Å²) in [5.74, 6) is -1.27. The topological polar surface area (TPSA) is 98.5 Å². The van der Waals surface area contributed by atoms with Crippen LogP contribution in [0.4, 0.5) is 0 Å². The maximum Gasteiger partial charge on any atom is 0.347 e. The predicted octanol–water partition coefficient (Wildman–Crippen LogP) is 0.980. The van der Waals surface area contributed by atoms with Gasteiger partial charge in [0.1, 0.15) is 9.77 Å². The Hall–Kier alpha value is -1.43. The van der Waals surface area contributed by atoms with Gasteiger partial charge in [-0.05, 0) is 11.4 Å². The van der Waals surface area contributed by atoms with Crippen LogP contribution in [0.3, 0.4) is 0 Å². The van der Waals surface area contributed by atoms with Crippen LogP contribution < -0.4 is 0 Å². The fourth-order valence-corrected chi connectivity index (χ4v) is 3.55. The number of rotatable bonds is 5. The number of carbonyl (C=O) groups is 1. The lowest BCUT2D eigenvalue weighted by atomic mass is 10.5. The molecule has 0 aliphatic heterocycles. The van der Waals surface area contributed by atoms with Crippen molar-refractivity contribution in [3.63, 3.8) is 0 Å². The summed E-state index contributed by atoms with van der Waals surface area (Å²) in [7, 11) is -2.52. The molecule has 1 heterocycles. The molecule has 0 fully saturated rings. The van der Waals surface area contributed by atoms with Gasteiger partial charge < -0.3 is 5.11 Å². The highest BCUT2D eigenvalue weighted by molar-refractivity contribution is 7.89. The van der Waals surface area contributed by atoms with E-state index in [0.29, 0.717) is 0 Å². The van der Waals surface area contributed by atoms with Crippen LogP contribution in [-0.2, 0) is 10.0 Å². The van der Waals surface area contributed by atoms with Crippen molar-refractivity contribution in [2.45, 2.75) is 11.3 Å². The van der Waals surface area contributed by atoms with E-state index in [4.69, 9.17) is 10.4 Å². The van der Waals surface area contributed by atoms with Gasteiger partial charge in [0.05, 0.1) is 6.07 Å². The monoisotopic (exact) mass is 274 g/mol. The summed E-state index contributed by atoms with van der Waals surface area (Å²) in [6.07, 6.45) is 0.0578.